The lowest BCUT2D eigenvalue weighted by Crippen LogP contribution is -2.51. The molecule has 0 aliphatic carbocycles. The largest absolute Gasteiger partial charge is 0.344 e. The minimum Gasteiger partial charge on any atom is -0.211 e. The van der Waals surface area contributed by atoms with E-state index in [-0.39, 0.29) is 0 Å². The minimum absolute atomic E-state index is 0.496. The summed E-state index contributed by atoms with van der Waals surface area (Å²) in [6.07, 6.45) is 2.88. The first-order valence-corrected chi connectivity index (χ1v) is 8.43. The molecule has 0 unspecified atom stereocenters. The smallest absolute Gasteiger partial charge is 0.211 e. The summed E-state index contributed by atoms with van der Waals surface area (Å²) in [7, 11) is -3.31. The number of rotatable bonds is 3. The van der Waals surface area contributed by atoms with Gasteiger partial charge in [0.1, 0.15) is 12.1 Å². The predicted octanol–water partition coefficient (Wildman–Crippen LogP) is 0.880. The summed E-state index contributed by atoms with van der Waals surface area (Å²) in [6, 6.07) is 9.74. The molecule has 2 heterocycles. The third kappa shape index (κ3) is 2.58. The van der Waals surface area contributed by atoms with E-state index in [0.717, 1.165) is 22.7 Å². The van der Waals surface area contributed by atoms with Crippen molar-refractivity contribution in [3.8, 4) is 0 Å². The summed E-state index contributed by atoms with van der Waals surface area (Å²) in [4.78, 5) is 6.78. The second-order valence-corrected chi connectivity index (χ2v) is 6.78. The second kappa shape index (κ2) is 4.73. The number of sulfonamides is 1. The van der Waals surface area contributed by atoms with Gasteiger partial charge in [0.25, 0.3) is 0 Å². The maximum absolute atomic E-state index is 11.4. The van der Waals surface area contributed by atoms with Gasteiger partial charge in [-0.25, -0.2) is 8.42 Å². The van der Waals surface area contributed by atoms with Gasteiger partial charge in [0.05, 0.1) is 6.26 Å². The third-order valence-electron chi connectivity index (χ3n) is 2.60. The zero-order chi connectivity index (χ0) is 13.5. The summed E-state index contributed by atoms with van der Waals surface area (Å²) in [6.45, 7) is 0. The van der Waals surface area contributed by atoms with E-state index in [1.54, 1.807) is 16.3 Å². The first-order chi connectivity index (χ1) is 9.04. The van der Waals surface area contributed by atoms with Crippen LogP contribution in [0.1, 0.15) is 5.56 Å². The van der Waals surface area contributed by atoms with Crippen molar-refractivity contribution in [2.75, 3.05) is 12.1 Å². The van der Waals surface area contributed by atoms with Crippen LogP contribution < -0.4 is 9.84 Å². The fourth-order valence-electron chi connectivity index (χ4n) is 1.90. The van der Waals surface area contributed by atoms with Crippen LogP contribution in [0.3, 0.4) is 0 Å². The molecule has 0 amide bonds. The lowest BCUT2D eigenvalue weighted by atomic mass is 10.2. The van der Waals surface area contributed by atoms with Gasteiger partial charge in [0.2, 0.25) is 15.7 Å². The molecule has 0 atom stereocenters. The lowest BCUT2D eigenvalue weighted by molar-refractivity contribution is 0.193. The number of thioether (sulfide) groups is 1. The standard InChI is InChI=1S/C11H12N4O2S2/c1-19(16,17)13-14-8-18-11-12-7-10(15(11)14)9-5-3-2-4-6-9/h2-7,13H,8H2,1H3/q+1. The van der Waals surface area contributed by atoms with Crippen LogP contribution in [-0.2, 0) is 10.0 Å². The van der Waals surface area contributed by atoms with Crippen molar-refractivity contribution in [1.82, 2.24) is 15.0 Å². The van der Waals surface area contributed by atoms with E-state index in [2.05, 4.69) is 9.82 Å². The van der Waals surface area contributed by atoms with Crippen LogP contribution in [0, 0.1) is 0 Å². The quantitative estimate of drug-likeness (QED) is 0.841. The third-order valence-corrected chi connectivity index (χ3v) is 4.06. The van der Waals surface area contributed by atoms with Crippen molar-refractivity contribution < 1.29 is 8.42 Å². The monoisotopic (exact) mass is 296 g/mol. The normalized spacial score (nSPS) is 20.3. The summed E-state index contributed by atoms with van der Waals surface area (Å²) in [5, 5.41) is 4.10. The molecule has 19 heavy (non-hydrogen) atoms. The number of aliphatic imine (C=N–C) groups is 1. The van der Waals surface area contributed by atoms with Crippen LogP contribution in [0.2, 0.25) is 0 Å². The van der Waals surface area contributed by atoms with Crippen LogP contribution in [0.15, 0.2) is 41.5 Å². The SMILES string of the molecule is CS(=O)(=O)NN1CSC2=NC=C(c3ccccc3)[N+]21. The molecule has 1 saturated heterocycles. The molecule has 0 saturated carbocycles. The Morgan fingerprint density at radius 1 is 1.37 bits per heavy atom. The number of nitrogens with zero attached hydrogens (tertiary/aromatic N) is 3. The Morgan fingerprint density at radius 3 is 2.79 bits per heavy atom. The number of hydrogen-bond acceptors (Lipinski definition) is 6. The Bertz CT molecular complexity index is 655. The zero-order valence-electron chi connectivity index (χ0n) is 10.1. The van der Waals surface area contributed by atoms with Gasteiger partial charge in [-0.05, 0) is 23.9 Å². The Morgan fingerprint density at radius 2 is 2.11 bits per heavy atom. The molecule has 0 aromatic heterocycles. The Balaban J connectivity index is 1.90. The average Bonchev–Trinajstić information content (AvgIpc) is 2.92. The number of benzene rings is 1. The van der Waals surface area contributed by atoms with Gasteiger partial charge in [0, 0.05) is 15.7 Å². The van der Waals surface area contributed by atoms with Gasteiger partial charge < -0.3 is 0 Å². The molecule has 2 aliphatic rings. The molecule has 6 nitrogen and oxygen atoms in total. The van der Waals surface area contributed by atoms with Crippen molar-refractivity contribution >= 4 is 32.6 Å². The Hall–Kier alpha value is -1.19. The molecule has 8 heteroatoms. The summed E-state index contributed by atoms with van der Waals surface area (Å²) in [5.74, 6) is 0.496. The van der Waals surface area contributed by atoms with E-state index in [4.69, 9.17) is 0 Å². The summed E-state index contributed by atoms with van der Waals surface area (Å²) < 4.78 is 22.7. The van der Waals surface area contributed by atoms with Gasteiger partial charge in [-0.2, -0.15) is 4.99 Å². The Labute approximate surface area is 115 Å². The number of hydrogen-bond donors (Lipinski definition) is 1. The van der Waals surface area contributed by atoms with Gasteiger partial charge in [-0.3, -0.25) is 0 Å². The topological polar surface area (TPSA) is 67.7 Å². The highest BCUT2D eigenvalue weighted by Gasteiger charge is 2.49. The van der Waals surface area contributed by atoms with Gasteiger partial charge in [-0.15, -0.1) is 0 Å². The molecule has 3 rings (SSSR count). The van der Waals surface area contributed by atoms with E-state index >= 15 is 0 Å². The average molecular weight is 296 g/mol. The van der Waals surface area contributed by atoms with Gasteiger partial charge in [-0.1, -0.05) is 23.0 Å². The molecule has 1 radical (unpaired) electrons. The van der Waals surface area contributed by atoms with Crippen LogP contribution in [0.4, 0.5) is 0 Å². The highest BCUT2D eigenvalue weighted by Crippen LogP contribution is 2.32. The minimum atomic E-state index is -3.31. The molecule has 1 N–H and O–H groups in total. The fraction of sp³-hybridized carbons (Fsp3) is 0.182. The molecule has 0 spiro atoms. The van der Waals surface area contributed by atoms with Crippen LogP contribution in [0.5, 0.6) is 0 Å². The van der Waals surface area contributed by atoms with Crippen molar-refractivity contribution in [3.63, 3.8) is 0 Å². The lowest BCUT2D eigenvalue weighted by Gasteiger charge is -2.14. The van der Waals surface area contributed by atoms with Crippen molar-refractivity contribution in [2.24, 2.45) is 4.99 Å². The van der Waals surface area contributed by atoms with Crippen molar-refractivity contribution in [3.05, 3.63) is 42.1 Å². The van der Waals surface area contributed by atoms with Crippen LogP contribution in [-0.4, -0.2) is 30.8 Å². The van der Waals surface area contributed by atoms with Crippen LogP contribution in [0.25, 0.3) is 5.70 Å². The summed E-state index contributed by atoms with van der Waals surface area (Å²) in [5.41, 5.74) is 1.85. The first-order valence-electron chi connectivity index (χ1n) is 5.56. The van der Waals surface area contributed by atoms with E-state index in [1.807, 2.05) is 30.3 Å². The molecular weight excluding hydrogens is 284 g/mol. The number of hydrazine groups is 2. The molecule has 2 aliphatic heterocycles. The maximum atomic E-state index is 11.4. The molecular formula is C11H12N4O2S2+. The highest BCUT2D eigenvalue weighted by atomic mass is 32.2. The highest BCUT2D eigenvalue weighted by molar-refractivity contribution is 8.14. The molecule has 0 bridgehead atoms. The molecule has 1 aromatic carbocycles. The predicted molar refractivity (Wildman–Crippen MR) is 76.3 cm³/mol. The number of nitrogens with one attached hydrogen (secondary N) is 1. The van der Waals surface area contributed by atoms with Gasteiger partial charge in [0.15, 0.2) is 0 Å². The number of fused-ring (bicyclic) bond motifs is 1. The van der Waals surface area contributed by atoms with Gasteiger partial charge >= 0.3 is 5.17 Å². The fourth-order valence-corrected chi connectivity index (χ4v) is 3.38. The van der Waals surface area contributed by atoms with Crippen molar-refractivity contribution in [1.29, 1.82) is 0 Å². The second-order valence-electron chi connectivity index (χ2n) is 4.14. The van der Waals surface area contributed by atoms with E-state index in [0.29, 0.717) is 5.88 Å². The molecule has 99 valence electrons. The summed E-state index contributed by atoms with van der Waals surface area (Å²) >= 11 is 1.48. The van der Waals surface area contributed by atoms with Crippen LogP contribution >= 0.6 is 11.8 Å². The molecule has 1 aromatic rings. The van der Waals surface area contributed by atoms with E-state index in [9.17, 15) is 8.42 Å². The van der Waals surface area contributed by atoms with E-state index < -0.39 is 10.0 Å². The number of amidine groups is 1. The maximum Gasteiger partial charge on any atom is 0.344 e. The molecule has 1 fully saturated rings. The van der Waals surface area contributed by atoms with E-state index in [1.165, 1.54) is 11.8 Å². The van der Waals surface area contributed by atoms with Crippen molar-refractivity contribution in [2.45, 2.75) is 0 Å². The zero-order valence-corrected chi connectivity index (χ0v) is 11.8. The first kappa shape index (κ1) is 12.8. The Kier molecular flexibility index (Phi) is 3.19.